The lowest BCUT2D eigenvalue weighted by atomic mass is 10.2. The van der Waals surface area contributed by atoms with Crippen LogP contribution >= 0.6 is 11.6 Å². The zero-order valence-electron chi connectivity index (χ0n) is 9.48. The third kappa shape index (κ3) is 1.82. The van der Waals surface area contributed by atoms with Gasteiger partial charge in [0.2, 0.25) is 0 Å². The maximum Gasteiger partial charge on any atom is 0.167 e. The van der Waals surface area contributed by atoms with E-state index in [1.807, 2.05) is 13.0 Å². The van der Waals surface area contributed by atoms with E-state index in [0.717, 1.165) is 24.3 Å². The minimum atomic E-state index is 0.427. The maximum atomic E-state index is 11.0. The third-order valence-corrected chi connectivity index (χ3v) is 3.36. The Labute approximate surface area is 104 Å². The fourth-order valence-electron chi connectivity index (χ4n) is 2.07. The molecular formula is C12H12ClN3O. The van der Waals surface area contributed by atoms with E-state index in [4.69, 9.17) is 11.6 Å². The van der Waals surface area contributed by atoms with Gasteiger partial charge in [0.05, 0.1) is 11.3 Å². The van der Waals surface area contributed by atoms with Crippen molar-refractivity contribution in [3.05, 3.63) is 28.2 Å². The quantitative estimate of drug-likeness (QED) is 0.620. The van der Waals surface area contributed by atoms with E-state index < -0.39 is 0 Å². The van der Waals surface area contributed by atoms with Crippen molar-refractivity contribution in [1.82, 2.24) is 14.6 Å². The molecule has 0 spiro atoms. The van der Waals surface area contributed by atoms with Crippen LogP contribution in [0, 0.1) is 12.8 Å². The van der Waals surface area contributed by atoms with Crippen LogP contribution in [0.2, 0.25) is 5.15 Å². The lowest BCUT2D eigenvalue weighted by Gasteiger charge is -2.04. The summed E-state index contributed by atoms with van der Waals surface area (Å²) < 4.78 is 1.75. The predicted octanol–water partition coefficient (Wildman–Crippen LogP) is 2.46. The molecule has 1 aliphatic carbocycles. The summed E-state index contributed by atoms with van der Waals surface area (Å²) in [6, 6.07) is 1.84. The Morgan fingerprint density at radius 1 is 1.59 bits per heavy atom. The molecule has 2 aromatic rings. The van der Waals surface area contributed by atoms with Crippen LogP contribution in [0.15, 0.2) is 6.07 Å². The fraction of sp³-hybridized carbons (Fsp3) is 0.417. The van der Waals surface area contributed by atoms with Crippen molar-refractivity contribution in [2.75, 3.05) is 0 Å². The summed E-state index contributed by atoms with van der Waals surface area (Å²) in [6.07, 6.45) is 4.28. The molecule has 0 aromatic carbocycles. The average Bonchev–Trinajstić information content (AvgIpc) is 3.02. The molecule has 0 atom stereocenters. The number of carbonyl (C=O) groups is 1. The highest BCUT2D eigenvalue weighted by atomic mass is 35.5. The molecule has 0 aliphatic heterocycles. The molecule has 0 radical (unpaired) electrons. The number of halogens is 1. The number of rotatable bonds is 3. The molecule has 0 N–H and O–H groups in total. The van der Waals surface area contributed by atoms with E-state index in [1.54, 1.807) is 4.52 Å². The summed E-state index contributed by atoms with van der Waals surface area (Å²) in [5.41, 5.74) is 2.84. The Morgan fingerprint density at radius 3 is 3.00 bits per heavy atom. The van der Waals surface area contributed by atoms with Crippen molar-refractivity contribution < 1.29 is 4.79 Å². The molecule has 0 amide bonds. The van der Waals surface area contributed by atoms with E-state index in [2.05, 4.69) is 10.1 Å². The third-order valence-electron chi connectivity index (χ3n) is 3.16. The van der Waals surface area contributed by atoms with Crippen LogP contribution in [0.5, 0.6) is 0 Å². The minimum absolute atomic E-state index is 0.427. The van der Waals surface area contributed by atoms with Gasteiger partial charge >= 0.3 is 0 Å². The van der Waals surface area contributed by atoms with Crippen molar-refractivity contribution in [3.63, 3.8) is 0 Å². The molecule has 2 heterocycles. The van der Waals surface area contributed by atoms with Crippen molar-refractivity contribution in [3.8, 4) is 0 Å². The molecule has 1 fully saturated rings. The van der Waals surface area contributed by atoms with Crippen LogP contribution in [0.25, 0.3) is 5.65 Å². The Hall–Kier alpha value is -1.42. The topological polar surface area (TPSA) is 47.3 Å². The molecule has 0 saturated heterocycles. The second-order valence-corrected chi connectivity index (χ2v) is 4.96. The molecule has 2 aromatic heterocycles. The van der Waals surface area contributed by atoms with Gasteiger partial charge in [0.15, 0.2) is 11.9 Å². The number of carbonyl (C=O) groups excluding carboxylic acids is 1. The van der Waals surface area contributed by atoms with Crippen LogP contribution in [-0.2, 0) is 6.42 Å². The van der Waals surface area contributed by atoms with E-state index in [9.17, 15) is 4.79 Å². The molecule has 3 rings (SSSR count). The van der Waals surface area contributed by atoms with Crippen LogP contribution in [0.1, 0.15) is 34.6 Å². The first-order chi connectivity index (χ1) is 8.19. The summed E-state index contributed by atoms with van der Waals surface area (Å²) in [4.78, 5) is 15.2. The lowest BCUT2D eigenvalue weighted by Crippen LogP contribution is -2.02. The van der Waals surface area contributed by atoms with Gasteiger partial charge in [-0.2, -0.15) is 5.10 Å². The molecule has 5 heteroatoms. The average molecular weight is 250 g/mol. The van der Waals surface area contributed by atoms with Gasteiger partial charge in [-0.3, -0.25) is 4.79 Å². The van der Waals surface area contributed by atoms with Crippen molar-refractivity contribution in [2.45, 2.75) is 26.2 Å². The van der Waals surface area contributed by atoms with Gasteiger partial charge in [-0.1, -0.05) is 11.6 Å². The second kappa shape index (κ2) is 3.81. The van der Waals surface area contributed by atoms with Crippen molar-refractivity contribution in [1.29, 1.82) is 0 Å². The summed E-state index contributed by atoms with van der Waals surface area (Å²) >= 11 is 6.00. The van der Waals surface area contributed by atoms with Gasteiger partial charge in [-0.25, -0.2) is 9.50 Å². The summed E-state index contributed by atoms with van der Waals surface area (Å²) in [5, 5.41) is 4.80. The van der Waals surface area contributed by atoms with Crippen molar-refractivity contribution in [2.24, 2.45) is 5.92 Å². The van der Waals surface area contributed by atoms with E-state index in [-0.39, 0.29) is 0 Å². The molecule has 1 aliphatic rings. The summed E-state index contributed by atoms with van der Waals surface area (Å²) in [5.74, 6) is 0.737. The van der Waals surface area contributed by atoms with Gasteiger partial charge in [-0.05, 0) is 38.2 Å². The van der Waals surface area contributed by atoms with Crippen LogP contribution in [0.4, 0.5) is 0 Å². The molecule has 0 unspecified atom stereocenters. The molecule has 4 nitrogen and oxygen atoms in total. The van der Waals surface area contributed by atoms with E-state index in [0.29, 0.717) is 22.1 Å². The monoisotopic (exact) mass is 249 g/mol. The SMILES string of the molecule is Cc1nn2c(CC3CC3)cc(Cl)nc2c1C=O. The lowest BCUT2D eigenvalue weighted by molar-refractivity contribution is 0.112. The highest BCUT2D eigenvalue weighted by Gasteiger charge is 2.24. The predicted molar refractivity (Wildman–Crippen MR) is 64.5 cm³/mol. The Morgan fingerprint density at radius 2 is 2.35 bits per heavy atom. The van der Waals surface area contributed by atoms with Crippen molar-refractivity contribution >= 4 is 23.5 Å². The first-order valence-corrected chi connectivity index (χ1v) is 6.07. The highest BCUT2D eigenvalue weighted by Crippen LogP contribution is 2.33. The molecule has 0 bridgehead atoms. The van der Waals surface area contributed by atoms with Gasteiger partial charge in [0.25, 0.3) is 0 Å². The number of aromatic nitrogens is 3. The second-order valence-electron chi connectivity index (χ2n) is 4.57. The zero-order valence-corrected chi connectivity index (χ0v) is 10.2. The highest BCUT2D eigenvalue weighted by molar-refractivity contribution is 6.29. The number of hydrogen-bond acceptors (Lipinski definition) is 3. The van der Waals surface area contributed by atoms with E-state index in [1.165, 1.54) is 12.8 Å². The number of hydrogen-bond donors (Lipinski definition) is 0. The summed E-state index contributed by atoms with van der Waals surface area (Å²) in [6.45, 7) is 1.81. The van der Waals surface area contributed by atoms with Crippen LogP contribution < -0.4 is 0 Å². The fourth-order valence-corrected chi connectivity index (χ4v) is 2.27. The van der Waals surface area contributed by atoms with Crippen LogP contribution in [0.3, 0.4) is 0 Å². The molecular weight excluding hydrogens is 238 g/mol. The number of nitrogens with zero attached hydrogens (tertiary/aromatic N) is 3. The Balaban J connectivity index is 2.22. The smallest absolute Gasteiger partial charge is 0.167 e. The number of aryl methyl sites for hydroxylation is 1. The normalized spacial score (nSPS) is 15.4. The maximum absolute atomic E-state index is 11.0. The molecule has 17 heavy (non-hydrogen) atoms. The number of aldehydes is 1. The Kier molecular flexibility index (Phi) is 2.40. The molecule has 1 saturated carbocycles. The number of fused-ring (bicyclic) bond motifs is 1. The molecule has 88 valence electrons. The van der Waals surface area contributed by atoms with Gasteiger partial charge in [0.1, 0.15) is 5.15 Å². The van der Waals surface area contributed by atoms with Gasteiger partial charge < -0.3 is 0 Å². The standard InChI is InChI=1S/C12H12ClN3O/c1-7-10(6-17)12-14-11(13)5-9(16(12)15-7)4-8-2-3-8/h5-6,8H,2-4H2,1H3. The first kappa shape index (κ1) is 10.7. The first-order valence-electron chi connectivity index (χ1n) is 5.69. The Bertz CT molecular complexity index is 601. The minimum Gasteiger partial charge on any atom is -0.298 e. The van der Waals surface area contributed by atoms with Gasteiger partial charge in [-0.15, -0.1) is 0 Å². The summed E-state index contributed by atoms with van der Waals surface area (Å²) in [7, 11) is 0. The van der Waals surface area contributed by atoms with E-state index >= 15 is 0 Å². The zero-order chi connectivity index (χ0) is 12.0. The van der Waals surface area contributed by atoms with Gasteiger partial charge in [0, 0.05) is 5.69 Å². The largest absolute Gasteiger partial charge is 0.298 e. The van der Waals surface area contributed by atoms with Crippen LogP contribution in [-0.4, -0.2) is 20.9 Å².